The van der Waals surface area contributed by atoms with Gasteiger partial charge in [0.25, 0.3) is 0 Å². The Hall–Kier alpha value is -1.25. The Bertz CT molecular complexity index is 309. The first-order valence-electron chi connectivity index (χ1n) is 5.45. The van der Waals surface area contributed by atoms with Gasteiger partial charge in [0.1, 0.15) is 5.82 Å². The summed E-state index contributed by atoms with van der Waals surface area (Å²) in [6.07, 6.45) is 2.88. The maximum absolute atomic E-state index is 5.84. The molecule has 0 saturated carbocycles. The molecule has 3 heteroatoms. The molecule has 1 rings (SSSR count). The summed E-state index contributed by atoms with van der Waals surface area (Å²) in [5, 5.41) is 0. The minimum absolute atomic E-state index is 0.483. The number of aromatic nitrogens is 1. The third kappa shape index (κ3) is 3.11. The Balaban J connectivity index is 2.76. The number of hydrogen-bond donors (Lipinski definition) is 1. The van der Waals surface area contributed by atoms with Crippen LogP contribution in [0.25, 0.3) is 0 Å². The fraction of sp³-hybridized carbons (Fsp3) is 0.583. The van der Waals surface area contributed by atoms with Crippen molar-refractivity contribution >= 4 is 11.5 Å². The van der Waals surface area contributed by atoms with E-state index in [1.165, 1.54) is 0 Å². The van der Waals surface area contributed by atoms with E-state index in [-0.39, 0.29) is 0 Å². The largest absolute Gasteiger partial charge is 0.382 e. The van der Waals surface area contributed by atoms with Gasteiger partial charge in [0.15, 0.2) is 0 Å². The number of hydrogen-bond acceptors (Lipinski definition) is 3. The SMILES string of the molecule is CC(C)CC(C)N(C)c1cccnc1N. The molecule has 0 aliphatic heterocycles. The van der Waals surface area contributed by atoms with Gasteiger partial charge in [0.2, 0.25) is 0 Å². The van der Waals surface area contributed by atoms with Crippen LogP contribution in [0.5, 0.6) is 0 Å². The second kappa shape index (κ2) is 5.01. The molecule has 1 heterocycles. The van der Waals surface area contributed by atoms with E-state index < -0.39 is 0 Å². The maximum Gasteiger partial charge on any atom is 0.146 e. The highest BCUT2D eigenvalue weighted by Crippen LogP contribution is 2.22. The van der Waals surface area contributed by atoms with Crippen LogP contribution < -0.4 is 10.6 Å². The lowest BCUT2D eigenvalue weighted by Crippen LogP contribution is -2.30. The summed E-state index contributed by atoms with van der Waals surface area (Å²) in [5.74, 6) is 1.30. The predicted molar refractivity (Wildman–Crippen MR) is 66.0 cm³/mol. The van der Waals surface area contributed by atoms with Gasteiger partial charge in [-0.15, -0.1) is 0 Å². The zero-order valence-electron chi connectivity index (χ0n) is 10.1. The summed E-state index contributed by atoms with van der Waals surface area (Å²) in [5.41, 5.74) is 6.86. The molecular weight excluding hydrogens is 186 g/mol. The first kappa shape index (κ1) is 11.8. The van der Waals surface area contributed by atoms with Crippen LogP contribution in [0.15, 0.2) is 18.3 Å². The summed E-state index contributed by atoms with van der Waals surface area (Å²) in [6, 6.07) is 4.42. The van der Waals surface area contributed by atoms with Crippen molar-refractivity contribution in [1.82, 2.24) is 4.98 Å². The van der Waals surface area contributed by atoms with Gasteiger partial charge in [-0.25, -0.2) is 4.98 Å². The molecule has 2 N–H and O–H groups in total. The third-order valence-corrected chi connectivity index (χ3v) is 2.67. The van der Waals surface area contributed by atoms with Gasteiger partial charge in [-0.3, -0.25) is 0 Å². The van der Waals surface area contributed by atoms with Crippen molar-refractivity contribution in [3.05, 3.63) is 18.3 Å². The Labute approximate surface area is 92.3 Å². The zero-order chi connectivity index (χ0) is 11.4. The lowest BCUT2D eigenvalue weighted by molar-refractivity contribution is 0.504. The molecule has 3 nitrogen and oxygen atoms in total. The van der Waals surface area contributed by atoms with E-state index in [0.29, 0.717) is 17.8 Å². The molecule has 0 aromatic carbocycles. The molecule has 0 aliphatic carbocycles. The van der Waals surface area contributed by atoms with E-state index in [1.54, 1.807) is 6.20 Å². The Kier molecular flexibility index (Phi) is 3.95. The minimum atomic E-state index is 0.483. The van der Waals surface area contributed by atoms with Crippen molar-refractivity contribution < 1.29 is 0 Å². The highest BCUT2D eigenvalue weighted by Gasteiger charge is 2.13. The highest BCUT2D eigenvalue weighted by molar-refractivity contribution is 5.62. The summed E-state index contributed by atoms with van der Waals surface area (Å²) in [4.78, 5) is 6.29. The molecule has 15 heavy (non-hydrogen) atoms. The monoisotopic (exact) mass is 207 g/mol. The number of anilines is 2. The van der Waals surface area contributed by atoms with Crippen LogP contribution >= 0.6 is 0 Å². The number of pyridine rings is 1. The Morgan fingerprint density at radius 3 is 2.60 bits per heavy atom. The molecule has 1 atom stereocenters. The van der Waals surface area contributed by atoms with E-state index in [2.05, 4.69) is 37.7 Å². The van der Waals surface area contributed by atoms with E-state index in [1.807, 2.05) is 12.1 Å². The van der Waals surface area contributed by atoms with Crippen LogP contribution in [-0.4, -0.2) is 18.1 Å². The highest BCUT2D eigenvalue weighted by atomic mass is 15.1. The van der Waals surface area contributed by atoms with Gasteiger partial charge < -0.3 is 10.6 Å². The second-order valence-electron chi connectivity index (χ2n) is 4.50. The molecule has 0 radical (unpaired) electrons. The molecule has 0 bridgehead atoms. The van der Waals surface area contributed by atoms with E-state index in [0.717, 1.165) is 12.1 Å². The van der Waals surface area contributed by atoms with Gasteiger partial charge in [-0.2, -0.15) is 0 Å². The number of nitrogens with zero attached hydrogens (tertiary/aromatic N) is 2. The molecule has 0 aliphatic rings. The van der Waals surface area contributed by atoms with Crippen molar-refractivity contribution in [3.63, 3.8) is 0 Å². The molecular formula is C12H21N3. The van der Waals surface area contributed by atoms with Crippen LogP contribution in [0.4, 0.5) is 11.5 Å². The average Bonchev–Trinajstić information content (AvgIpc) is 2.16. The molecule has 0 spiro atoms. The summed E-state index contributed by atoms with van der Waals surface area (Å²) >= 11 is 0. The van der Waals surface area contributed by atoms with Crippen LogP contribution in [0.3, 0.4) is 0 Å². The first-order chi connectivity index (χ1) is 7.02. The summed E-state index contributed by atoms with van der Waals surface area (Å²) < 4.78 is 0. The zero-order valence-corrected chi connectivity index (χ0v) is 10.1. The summed E-state index contributed by atoms with van der Waals surface area (Å²) in [6.45, 7) is 6.68. The topological polar surface area (TPSA) is 42.2 Å². The minimum Gasteiger partial charge on any atom is -0.382 e. The smallest absolute Gasteiger partial charge is 0.146 e. The van der Waals surface area contributed by atoms with Crippen molar-refractivity contribution in [3.8, 4) is 0 Å². The number of nitrogen functional groups attached to an aromatic ring is 1. The van der Waals surface area contributed by atoms with Crippen LogP contribution in [0.1, 0.15) is 27.2 Å². The number of rotatable bonds is 4. The first-order valence-corrected chi connectivity index (χ1v) is 5.45. The molecule has 1 aromatic rings. The van der Waals surface area contributed by atoms with E-state index in [4.69, 9.17) is 5.73 Å². The lowest BCUT2D eigenvalue weighted by Gasteiger charge is -2.28. The molecule has 0 amide bonds. The Morgan fingerprint density at radius 1 is 1.40 bits per heavy atom. The maximum atomic E-state index is 5.84. The molecule has 0 saturated heterocycles. The Morgan fingerprint density at radius 2 is 2.07 bits per heavy atom. The fourth-order valence-electron chi connectivity index (χ4n) is 1.79. The molecule has 0 fully saturated rings. The van der Waals surface area contributed by atoms with Crippen molar-refractivity contribution in [1.29, 1.82) is 0 Å². The van der Waals surface area contributed by atoms with Crippen LogP contribution in [0.2, 0.25) is 0 Å². The summed E-state index contributed by atoms with van der Waals surface area (Å²) in [7, 11) is 2.07. The van der Waals surface area contributed by atoms with Gasteiger partial charge in [0, 0.05) is 19.3 Å². The molecule has 1 aromatic heterocycles. The van der Waals surface area contributed by atoms with Crippen molar-refractivity contribution in [2.75, 3.05) is 17.7 Å². The van der Waals surface area contributed by atoms with Gasteiger partial charge in [-0.05, 0) is 31.4 Å². The van der Waals surface area contributed by atoms with Crippen molar-refractivity contribution in [2.45, 2.75) is 33.2 Å². The van der Waals surface area contributed by atoms with E-state index in [9.17, 15) is 0 Å². The van der Waals surface area contributed by atoms with Gasteiger partial charge in [-0.1, -0.05) is 13.8 Å². The third-order valence-electron chi connectivity index (χ3n) is 2.67. The van der Waals surface area contributed by atoms with Gasteiger partial charge in [0.05, 0.1) is 5.69 Å². The predicted octanol–water partition coefficient (Wildman–Crippen LogP) is 2.53. The second-order valence-corrected chi connectivity index (χ2v) is 4.50. The van der Waals surface area contributed by atoms with Crippen LogP contribution in [0, 0.1) is 5.92 Å². The fourth-order valence-corrected chi connectivity index (χ4v) is 1.79. The molecule has 1 unspecified atom stereocenters. The normalized spacial score (nSPS) is 12.9. The lowest BCUT2D eigenvalue weighted by atomic mass is 10.0. The standard InChI is InChI=1S/C12H21N3/c1-9(2)8-10(3)15(4)11-6-5-7-14-12(11)13/h5-7,9-10H,8H2,1-4H3,(H2,13,14). The van der Waals surface area contributed by atoms with E-state index >= 15 is 0 Å². The average molecular weight is 207 g/mol. The quantitative estimate of drug-likeness (QED) is 0.825. The number of nitrogens with two attached hydrogens (primary N) is 1. The van der Waals surface area contributed by atoms with Crippen LogP contribution in [-0.2, 0) is 0 Å². The molecule has 84 valence electrons. The van der Waals surface area contributed by atoms with Crippen molar-refractivity contribution in [2.24, 2.45) is 5.92 Å². The van der Waals surface area contributed by atoms with Gasteiger partial charge >= 0.3 is 0 Å².